The van der Waals surface area contributed by atoms with Gasteiger partial charge in [0.25, 0.3) is 0 Å². The molecule has 0 amide bonds. The van der Waals surface area contributed by atoms with Crippen molar-refractivity contribution in [2.45, 2.75) is 28.9 Å². The number of halogens is 2. The fourth-order valence-corrected chi connectivity index (χ4v) is 3.70. The Morgan fingerprint density at radius 1 is 1.38 bits per heavy atom. The van der Waals surface area contributed by atoms with E-state index in [4.69, 9.17) is 0 Å². The highest BCUT2D eigenvalue weighted by molar-refractivity contribution is 7.99. The number of carboxylic acids is 1. The summed E-state index contributed by atoms with van der Waals surface area (Å²) in [5.74, 6) is -3.22. The van der Waals surface area contributed by atoms with E-state index >= 15 is 4.39 Å². The Kier molecular flexibility index (Phi) is 3.83. The van der Waals surface area contributed by atoms with Crippen LogP contribution in [0.5, 0.6) is 0 Å². The van der Waals surface area contributed by atoms with Crippen molar-refractivity contribution in [3.63, 3.8) is 0 Å². The Bertz CT molecular complexity index is 1120. The molecule has 0 spiro atoms. The number of aryl methyl sites for hydroxylation is 1. The average molecular weight is 377 g/mol. The molecule has 2 heterocycles. The topological polar surface area (TPSA) is 77.1 Å². The smallest absolute Gasteiger partial charge is 0.341 e. The molecule has 9 heteroatoms. The third-order valence-corrected chi connectivity index (χ3v) is 5.46. The van der Waals surface area contributed by atoms with E-state index in [2.05, 4.69) is 4.98 Å². The van der Waals surface area contributed by atoms with Crippen LogP contribution in [0.15, 0.2) is 39.5 Å². The van der Waals surface area contributed by atoms with Crippen LogP contribution in [-0.2, 0) is 7.05 Å². The molecule has 1 N–H and O–H groups in total. The van der Waals surface area contributed by atoms with Gasteiger partial charge in [0, 0.05) is 31.7 Å². The quantitative estimate of drug-likeness (QED) is 0.756. The minimum absolute atomic E-state index is 0.0689. The number of aromatic carboxylic acids is 1. The van der Waals surface area contributed by atoms with Gasteiger partial charge in [0.15, 0.2) is 11.0 Å². The molecular formula is C17H13F2N3O3S. The van der Waals surface area contributed by atoms with Crippen molar-refractivity contribution in [3.8, 4) is 0 Å². The minimum Gasteiger partial charge on any atom is -0.477 e. The Morgan fingerprint density at radius 2 is 2.12 bits per heavy atom. The molecule has 1 saturated carbocycles. The molecule has 0 unspecified atom stereocenters. The molecule has 0 bridgehead atoms. The summed E-state index contributed by atoms with van der Waals surface area (Å²) in [4.78, 5) is 27.5. The summed E-state index contributed by atoms with van der Waals surface area (Å²) in [6.45, 7) is 0. The first-order valence-electron chi connectivity index (χ1n) is 7.83. The fraction of sp³-hybridized carbons (Fsp3) is 0.235. The van der Waals surface area contributed by atoms with Crippen LogP contribution in [0, 0.1) is 11.6 Å². The number of imidazole rings is 1. The third kappa shape index (κ3) is 2.59. The Balaban J connectivity index is 2.01. The lowest BCUT2D eigenvalue weighted by Crippen LogP contribution is -2.20. The van der Waals surface area contributed by atoms with Gasteiger partial charge in [-0.3, -0.25) is 4.79 Å². The van der Waals surface area contributed by atoms with Gasteiger partial charge in [0.2, 0.25) is 5.43 Å². The molecule has 0 radical (unpaired) electrons. The van der Waals surface area contributed by atoms with Crippen LogP contribution >= 0.6 is 11.8 Å². The SMILES string of the molecule is Cn1ccnc1Sc1c(F)cc2c(=O)c(C(=O)O)cn(C3CC3)c2c1F. The van der Waals surface area contributed by atoms with Crippen molar-refractivity contribution in [2.75, 3.05) is 0 Å². The molecule has 26 heavy (non-hydrogen) atoms. The standard InChI is InChI=1S/C17H13F2N3O3S/c1-21-5-4-20-17(21)26-15-11(18)6-9-13(12(15)19)22(8-2-3-8)7-10(14(9)23)16(24)25/h4-8H,2-3H2,1H3,(H,24,25). The average Bonchev–Trinajstić information content (AvgIpc) is 3.35. The predicted octanol–water partition coefficient (Wildman–Crippen LogP) is 3.20. The van der Waals surface area contributed by atoms with E-state index in [1.54, 1.807) is 17.8 Å². The van der Waals surface area contributed by atoms with Crippen LogP contribution in [-0.4, -0.2) is 25.2 Å². The van der Waals surface area contributed by atoms with Gasteiger partial charge in [-0.15, -0.1) is 0 Å². The second kappa shape index (κ2) is 5.94. The van der Waals surface area contributed by atoms with Crippen molar-refractivity contribution in [1.29, 1.82) is 0 Å². The number of hydrogen-bond donors (Lipinski definition) is 1. The maximum atomic E-state index is 15.2. The predicted molar refractivity (Wildman–Crippen MR) is 90.7 cm³/mol. The van der Waals surface area contributed by atoms with Crippen molar-refractivity contribution < 1.29 is 18.7 Å². The molecule has 0 aliphatic heterocycles. The number of fused-ring (bicyclic) bond motifs is 1. The molecule has 0 atom stereocenters. The highest BCUT2D eigenvalue weighted by Gasteiger charge is 2.30. The number of hydrogen-bond acceptors (Lipinski definition) is 4. The summed E-state index contributed by atoms with van der Waals surface area (Å²) in [6.07, 6.45) is 5.81. The van der Waals surface area contributed by atoms with E-state index in [0.29, 0.717) is 5.16 Å². The zero-order valence-electron chi connectivity index (χ0n) is 13.6. The molecule has 0 saturated heterocycles. The Hall–Kier alpha value is -2.68. The van der Waals surface area contributed by atoms with Crippen LogP contribution in [0.1, 0.15) is 29.2 Å². The lowest BCUT2D eigenvalue weighted by molar-refractivity contribution is 0.0694. The van der Waals surface area contributed by atoms with Crippen LogP contribution < -0.4 is 5.43 Å². The van der Waals surface area contributed by atoms with Gasteiger partial charge in [0.05, 0.1) is 15.8 Å². The zero-order chi connectivity index (χ0) is 18.6. The van der Waals surface area contributed by atoms with Gasteiger partial charge in [-0.2, -0.15) is 0 Å². The molecule has 4 rings (SSSR count). The summed E-state index contributed by atoms with van der Waals surface area (Å²) in [5, 5.41) is 9.36. The van der Waals surface area contributed by atoms with Gasteiger partial charge >= 0.3 is 5.97 Å². The maximum absolute atomic E-state index is 15.2. The summed E-state index contributed by atoms with van der Waals surface area (Å²) >= 11 is 0.816. The van der Waals surface area contributed by atoms with Gasteiger partial charge < -0.3 is 14.2 Å². The van der Waals surface area contributed by atoms with E-state index < -0.39 is 28.6 Å². The Labute approximate surface area is 150 Å². The normalized spacial score (nSPS) is 14.1. The van der Waals surface area contributed by atoms with E-state index in [1.807, 2.05) is 0 Å². The number of carbonyl (C=O) groups is 1. The van der Waals surface area contributed by atoms with Crippen LogP contribution in [0.3, 0.4) is 0 Å². The summed E-state index contributed by atoms with van der Waals surface area (Å²) in [7, 11) is 1.70. The molecule has 6 nitrogen and oxygen atoms in total. The molecule has 2 aromatic heterocycles. The first-order chi connectivity index (χ1) is 12.4. The molecule has 1 aliphatic carbocycles. The maximum Gasteiger partial charge on any atom is 0.341 e. The number of benzene rings is 1. The summed E-state index contributed by atoms with van der Waals surface area (Å²) < 4.78 is 32.8. The van der Waals surface area contributed by atoms with Crippen molar-refractivity contribution in [1.82, 2.24) is 14.1 Å². The van der Waals surface area contributed by atoms with Crippen molar-refractivity contribution in [3.05, 3.63) is 52.1 Å². The number of pyridine rings is 1. The zero-order valence-corrected chi connectivity index (χ0v) is 14.4. The second-order valence-corrected chi connectivity index (χ2v) is 7.11. The van der Waals surface area contributed by atoms with Gasteiger partial charge in [-0.05, 0) is 30.7 Å². The molecule has 1 aliphatic rings. The molecule has 3 aromatic rings. The lowest BCUT2D eigenvalue weighted by Gasteiger charge is -2.14. The third-order valence-electron chi connectivity index (χ3n) is 4.31. The van der Waals surface area contributed by atoms with Gasteiger partial charge in [-0.25, -0.2) is 18.6 Å². The Morgan fingerprint density at radius 3 is 2.69 bits per heavy atom. The van der Waals surface area contributed by atoms with Crippen LogP contribution in [0.25, 0.3) is 10.9 Å². The highest BCUT2D eigenvalue weighted by atomic mass is 32.2. The summed E-state index contributed by atoms with van der Waals surface area (Å²) in [6, 6.07) is 0.819. The number of carboxylic acid groups (broad SMARTS) is 1. The van der Waals surface area contributed by atoms with E-state index in [9.17, 15) is 19.1 Å². The van der Waals surface area contributed by atoms with E-state index in [1.165, 1.54) is 10.8 Å². The first kappa shape index (κ1) is 16.8. The molecule has 134 valence electrons. The molecular weight excluding hydrogens is 364 g/mol. The molecule has 1 aromatic carbocycles. The largest absolute Gasteiger partial charge is 0.477 e. The van der Waals surface area contributed by atoms with Crippen LogP contribution in [0.2, 0.25) is 0 Å². The number of nitrogens with zero attached hydrogens (tertiary/aromatic N) is 3. The minimum atomic E-state index is -1.42. The highest BCUT2D eigenvalue weighted by Crippen LogP contribution is 2.40. The van der Waals surface area contributed by atoms with Crippen molar-refractivity contribution in [2.24, 2.45) is 7.05 Å². The lowest BCUT2D eigenvalue weighted by atomic mass is 10.1. The summed E-state index contributed by atoms with van der Waals surface area (Å²) in [5.41, 5.74) is -1.45. The number of rotatable bonds is 4. The van der Waals surface area contributed by atoms with E-state index in [-0.39, 0.29) is 21.8 Å². The van der Waals surface area contributed by atoms with Crippen LogP contribution in [0.4, 0.5) is 8.78 Å². The first-order valence-corrected chi connectivity index (χ1v) is 8.65. The van der Waals surface area contributed by atoms with Crippen molar-refractivity contribution >= 4 is 28.6 Å². The van der Waals surface area contributed by atoms with Gasteiger partial charge in [0.1, 0.15) is 11.4 Å². The fourth-order valence-electron chi connectivity index (χ4n) is 2.85. The van der Waals surface area contributed by atoms with E-state index in [0.717, 1.165) is 36.9 Å². The van der Waals surface area contributed by atoms with Gasteiger partial charge in [-0.1, -0.05) is 0 Å². The molecule has 1 fully saturated rings. The number of aromatic nitrogens is 3. The second-order valence-electron chi connectivity index (χ2n) is 6.14. The monoisotopic (exact) mass is 377 g/mol.